The molecule has 0 bridgehead atoms. The number of Topliss-reactive ketones (excluding diaryl/α,β-unsaturated/α-hetero) is 1. The topological polar surface area (TPSA) is 135 Å². The van der Waals surface area contributed by atoms with Crippen molar-refractivity contribution in [2.24, 2.45) is 0 Å². The van der Waals surface area contributed by atoms with E-state index in [4.69, 9.17) is 9.72 Å². The van der Waals surface area contributed by atoms with Gasteiger partial charge in [-0.05, 0) is 51.1 Å². The van der Waals surface area contributed by atoms with Crippen molar-refractivity contribution in [3.05, 3.63) is 71.4 Å². The number of ketones is 1. The van der Waals surface area contributed by atoms with E-state index < -0.39 is 0 Å². The van der Waals surface area contributed by atoms with E-state index in [1.807, 2.05) is 25.1 Å². The maximum Gasteiger partial charge on any atom is 0.238 e. The maximum absolute atomic E-state index is 12.3. The molecule has 34 heavy (non-hydrogen) atoms. The quantitative estimate of drug-likeness (QED) is 0.396. The molecule has 0 spiro atoms. The van der Waals surface area contributed by atoms with E-state index in [2.05, 4.69) is 31.4 Å². The second-order valence-electron chi connectivity index (χ2n) is 7.69. The van der Waals surface area contributed by atoms with Crippen molar-refractivity contribution in [1.82, 2.24) is 34.9 Å². The Morgan fingerprint density at radius 1 is 1.12 bits per heavy atom. The minimum Gasteiger partial charge on any atom is -0.437 e. The van der Waals surface area contributed by atoms with Crippen molar-refractivity contribution in [3.8, 4) is 34.8 Å². The summed E-state index contributed by atoms with van der Waals surface area (Å²) >= 11 is 0. The van der Waals surface area contributed by atoms with Crippen LogP contribution in [0.5, 0.6) is 11.6 Å². The highest BCUT2D eigenvalue weighted by Crippen LogP contribution is 2.30. The van der Waals surface area contributed by atoms with Crippen molar-refractivity contribution in [2.45, 2.75) is 20.8 Å². The molecule has 0 aliphatic carbocycles. The van der Waals surface area contributed by atoms with Crippen LogP contribution in [-0.4, -0.2) is 40.7 Å². The molecule has 4 aromatic heterocycles. The van der Waals surface area contributed by atoms with E-state index in [0.29, 0.717) is 40.0 Å². The third kappa shape index (κ3) is 3.65. The number of rotatable bonds is 5. The van der Waals surface area contributed by atoms with Gasteiger partial charge in [0.05, 0.1) is 28.0 Å². The fraction of sp³-hybridized carbons (Fsp3) is 0.125. The minimum atomic E-state index is -0.163. The molecule has 10 heteroatoms. The normalized spacial score (nSPS) is 10.9. The number of fused-ring (bicyclic) bond motifs is 1. The molecule has 0 fully saturated rings. The number of hydrogen-bond donors (Lipinski definition) is 1. The van der Waals surface area contributed by atoms with Crippen LogP contribution in [0, 0.1) is 25.2 Å². The monoisotopic (exact) mass is 450 g/mol. The number of benzene rings is 1. The van der Waals surface area contributed by atoms with Gasteiger partial charge in [-0.25, -0.2) is 9.97 Å². The van der Waals surface area contributed by atoms with Gasteiger partial charge in [0.1, 0.15) is 24.0 Å². The summed E-state index contributed by atoms with van der Waals surface area (Å²) in [5.74, 6) is 1.30. The zero-order chi connectivity index (χ0) is 23.8. The average Bonchev–Trinajstić information content (AvgIpc) is 3.43. The molecule has 0 amide bonds. The number of nitrogens with zero attached hydrogens (tertiary/aromatic N) is 7. The number of pyridine rings is 1. The summed E-state index contributed by atoms with van der Waals surface area (Å²) < 4.78 is 7.64. The lowest BCUT2D eigenvalue weighted by atomic mass is 10.0. The van der Waals surface area contributed by atoms with Gasteiger partial charge in [-0.15, -0.1) is 5.10 Å². The summed E-state index contributed by atoms with van der Waals surface area (Å²) in [6.45, 7) is 5.10. The van der Waals surface area contributed by atoms with E-state index in [9.17, 15) is 10.1 Å². The van der Waals surface area contributed by atoms with Gasteiger partial charge in [0, 0.05) is 23.4 Å². The average molecular weight is 450 g/mol. The predicted octanol–water partition coefficient (Wildman–Crippen LogP) is 4.08. The van der Waals surface area contributed by atoms with Crippen LogP contribution in [0.1, 0.15) is 34.4 Å². The van der Waals surface area contributed by atoms with Crippen LogP contribution < -0.4 is 4.74 Å². The van der Waals surface area contributed by atoms with E-state index >= 15 is 0 Å². The first-order valence-corrected chi connectivity index (χ1v) is 10.4. The number of nitrogens with one attached hydrogen (secondary N) is 1. The van der Waals surface area contributed by atoms with Crippen molar-refractivity contribution in [3.63, 3.8) is 0 Å². The molecule has 0 radical (unpaired) electrons. The molecule has 5 rings (SSSR count). The molecule has 10 nitrogen and oxygen atoms in total. The zero-order valence-corrected chi connectivity index (χ0v) is 18.6. The van der Waals surface area contributed by atoms with Crippen LogP contribution in [0.25, 0.3) is 28.1 Å². The Balaban J connectivity index is 1.62. The van der Waals surface area contributed by atoms with E-state index in [-0.39, 0.29) is 11.5 Å². The number of ether oxygens (including phenoxy) is 1. The fourth-order valence-corrected chi connectivity index (χ4v) is 3.65. The molecule has 166 valence electrons. The minimum absolute atomic E-state index is 0.163. The third-order valence-electron chi connectivity index (χ3n) is 5.31. The number of carbonyl (C=O) groups is 1. The van der Waals surface area contributed by atoms with Gasteiger partial charge >= 0.3 is 0 Å². The summed E-state index contributed by atoms with van der Waals surface area (Å²) in [7, 11) is 0. The summed E-state index contributed by atoms with van der Waals surface area (Å²) in [5.41, 5.74) is 4.39. The van der Waals surface area contributed by atoms with Crippen molar-refractivity contribution < 1.29 is 9.53 Å². The number of nitriles is 1. The lowest BCUT2D eigenvalue weighted by molar-refractivity contribution is 0.101. The second kappa shape index (κ2) is 8.22. The van der Waals surface area contributed by atoms with E-state index in [0.717, 1.165) is 16.7 Å². The van der Waals surface area contributed by atoms with Gasteiger partial charge in [-0.2, -0.15) is 15.5 Å². The van der Waals surface area contributed by atoms with Gasteiger partial charge in [0.25, 0.3) is 0 Å². The molecule has 0 unspecified atom stereocenters. The van der Waals surface area contributed by atoms with Gasteiger partial charge in [-0.1, -0.05) is 0 Å². The molecular weight excluding hydrogens is 432 g/mol. The van der Waals surface area contributed by atoms with Crippen LogP contribution >= 0.6 is 0 Å². The second-order valence-corrected chi connectivity index (χ2v) is 7.69. The van der Waals surface area contributed by atoms with Gasteiger partial charge in [-0.3, -0.25) is 14.5 Å². The number of carbonyl (C=O) groups excluding carboxylic acids is 1. The van der Waals surface area contributed by atoms with Crippen LogP contribution in [0.2, 0.25) is 0 Å². The molecule has 0 aliphatic heterocycles. The Kier molecular flexibility index (Phi) is 5.07. The molecule has 0 atom stereocenters. The number of hydrogen-bond acceptors (Lipinski definition) is 8. The number of imidazole rings is 1. The Morgan fingerprint density at radius 2 is 1.97 bits per heavy atom. The first kappa shape index (κ1) is 21.0. The molecule has 4 heterocycles. The van der Waals surface area contributed by atoms with Crippen molar-refractivity contribution >= 4 is 16.8 Å². The van der Waals surface area contributed by atoms with Crippen LogP contribution in [0.4, 0.5) is 0 Å². The number of aryl methyl sites for hydroxylation is 2. The first-order chi connectivity index (χ1) is 16.4. The Morgan fingerprint density at radius 3 is 2.71 bits per heavy atom. The lowest BCUT2D eigenvalue weighted by Crippen LogP contribution is -2.04. The number of aromatic nitrogens is 7. The highest BCUT2D eigenvalue weighted by Gasteiger charge is 2.21. The lowest BCUT2D eigenvalue weighted by Gasteiger charge is -2.11. The summed E-state index contributed by atoms with van der Waals surface area (Å²) in [6, 6.07) is 14.5. The third-order valence-corrected chi connectivity index (χ3v) is 5.31. The SMILES string of the molecule is CC(=O)c1ccc(-n2cnc3ccc(Oc4ccc(C)nn4)cc32)nc1-c1c(C#N)n[nH]c1C. The zero-order valence-electron chi connectivity index (χ0n) is 18.6. The Hall–Kier alpha value is -4.91. The predicted molar refractivity (Wildman–Crippen MR) is 123 cm³/mol. The Bertz CT molecular complexity index is 1590. The molecule has 1 aromatic carbocycles. The fourth-order valence-electron chi connectivity index (χ4n) is 3.65. The van der Waals surface area contributed by atoms with Gasteiger partial charge < -0.3 is 4.74 Å². The van der Waals surface area contributed by atoms with Crippen LogP contribution in [0.15, 0.2) is 48.8 Å². The largest absolute Gasteiger partial charge is 0.437 e. The summed E-state index contributed by atoms with van der Waals surface area (Å²) in [4.78, 5) is 21.5. The molecule has 0 saturated carbocycles. The van der Waals surface area contributed by atoms with Gasteiger partial charge in [0.2, 0.25) is 5.88 Å². The molecule has 5 aromatic rings. The highest BCUT2D eigenvalue weighted by molar-refractivity contribution is 6.00. The Labute approximate surface area is 193 Å². The number of aromatic amines is 1. The van der Waals surface area contributed by atoms with Crippen molar-refractivity contribution in [2.75, 3.05) is 0 Å². The summed E-state index contributed by atoms with van der Waals surface area (Å²) in [6.07, 6.45) is 1.65. The van der Waals surface area contributed by atoms with E-state index in [1.54, 1.807) is 42.1 Å². The molecule has 0 saturated heterocycles. The van der Waals surface area contributed by atoms with E-state index in [1.165, 1.54) is 6.92 Å². The standard InChI is InChI=1S/C24H18N8O2/c1-13-4-9-22(31-28-13)34-16-5-7-18-20(10-16)32(12-26-18)21-8-6-17(15(3)33)24(27-21)23-14(2)29-30-19(23)11-25/h4-10,12H,1-3H3,(H,29,30). The first-order valence-electron chi connectivity index (χ1n) is 10.4. The number of H-pyrrole nitrogens is 1. The van der Waals surface area contributed by atoms with Crippen LogP contribution in [-0.2, 0) is 0 Å². The summed E-state index contributed by atoms with van der Waals surface area (Å²) in [5, 5.41) is 24.4. The molecule has 1 N–H and O–H groups in total. The maximum atomic E-state index is 12.3. The molecular formula is C24H18N8O2. The van der Waals surface area contributed by atoms with Gasteiger partial charge in [0.15, 0.2) is 11.5 Å². The smallest absolute Gasteiger partial charge is 0.238 e. The molecule has 0 aliphatic rings. The highest BCUT2D eigenvalue weighted by atomic mass is 16.5. The van der Waals surface area contributed by atoms with Crippen molar-refractivity contribution in [1.29, 1.82) is 5.26 Å². The van der Waals surface area contributed by atoms with Crippen LogP contribution in [0.3, 0.4) is 0 Å².